The summed E-state index contributed by atoms with van der Waals surface area (Å²) in [6.07, 6.45) is 1.52. The van der Waals surface area contributed by atoms with E-state index < -0.39 is 5.54 Å². The number of carbonyl (C=O) groups excluding carboxylic acids is 1. The predicted molar refractivity (Wildman–Crippen MR) is 89.8 cm³/mol. The number of ether oxygens (including phenoxy) is 1. The van der Waals surface area contributed by atoms with Crippen LogP contribution in [0.15, 0.2) is 24.3 Å². The van der Waals surface area contributed by atoms with E-state index >= 15 is 0 Å². The number of amides is 1. The molecule has 1 aliphatic rings. The highest BCUT2D eigenvalue weighted by Crippen LogP contribution is 2.33. The third-order valence-corrected chi connectivity index (χ3v) is 3.14. The van der Waals surface area contributed by atoms with Crippen LogP contribution in [0.3, 0.4) is 0 Å². The van der Waals surface area contributed by atoms with E-state index in [1.54, 1.807) is 0 Å². The number of anilines is 1. The number of hydrogen-bond donors (Lipinski definition) is 2. The van der Waals surface area contributed by atoms with Crippen LogP contribution in [0.4, 0.5) is 5.69 Å². The summed E-state index contributed by atoms with van der Waals surface area (Å²) in [7, 11) is 3.99. The molecule has 21 heavy (non-hydrogen) atoms. The van der Waals surface area contributed by atoms with Crippen LogP contribution in [-0.2, 0) is 4.79 Å². The first-order valence-electron chi connectivity index (χ1n) is 6.47. The Labute approximate surface area is 138 Å². The molecule has 1 aliphatic carbocycles. The second-order valence-electron chi connectivity index (χ2n) is 5.29. The Balaban J connectivity index is 0.00000200. The summed E-state index contributed by atoms with van der Waals surface area (Å²) in [6.45, 7) is 1.47. The van der Waals surface area contributed by atoms with Gasteiger partial charge in [-0.15, -0.1) is 24.8 Å². The lowest BCUT2D eigenvalue weighted by molar-refractivity contribution is -0.118. The summed E-state index contributed by atoms with van der Waals surface area (Å²) in [6, 6.07) is 7.39. The predicted octanol–water partition coefficient (Wildman–Crippen LogP) is 1.90. The van der Waals surface area contributed by atoms with Crippen LogP contribution in [-0.4, -0.2) is 43.6 Å². The van der Waals surface area contributed by atoms with Gasteiger partial charge in [-0.2, -0.15) is 0 Å². The number of carbonyl (C=O) groups is 1. The maximum atomic E-state index is 11.8. The Hall–Kier alpha value is -1.01. The first-order valence-corrected chi connectivity index (χ1v) is 6.47. The molecule has 120 valence electrons. The van der Waals surface area contributed by atoms with Gasteiger partial charge in [-0.1, -0.05) is 6.07 Å². The van der Waals surface area contributed by atoms with E-state index in [0.717, 1.165) is 30.8 Å². The Morgan fingerprint density at radius 3 is 2.62 bits per heavy atom. The molecule has 7 heteroatoms. The van der Waals surface area contributed by atoms with Gasteiger partial charge in [-0.3, -0.25) is 4.79 Å². The molecule has 0 saturated heterocycles. The van der Waals surface area contributed by atoms with Gasteiger partial charge in [-0.05, 0) is 39.1 Å². The van der Waals surface area contributed by atoms with Crippen molar-refractivity contribution in [2.24, 2.45) is 5.73 Å². The van der Waals surface area contributed by atoms with E-state index in [4.69, 9.17) is 10.5 Å². The molecule has 0 radical (unpaired) electrons. The molecular weight excluding hydrogens is 313 g/mol. The lowest BCUT2D eigenvalue weighted by atomic mass is 10.2. The Bertz CT molecular complexity index is 465. The van der Waals surface area contributed by atoms with Crippen molar-refractivity contribution in [3.8, 4) is 5.75 Å². The standard InChI is InChI=1S/C14H21N3O2.2ClH/c1-17(2)8-9-19-12-5-3-4-11(10-12)16-13(18)14(15)6-7-14;;/h3-5,10H,6-9,15H2,1-2H3,(H,16,18);2*1H. The zero-order chi connectivity index (χ0) is 13.9. The molecule has 1 saturated carbocycles. The van der Waals surface area contributed by atoms with Crippen LogP contribution < -0.4 is 15.8 Å². The number of halogens is 2. The minimum absolute atomic E-state index is 0. The first-order chi connectivity index (χ1) is 8.99. The Morgan fingerprint density at radius 2 is 2.05 bits per heavy atom. The average molecular weight is 336 g/mol. The topological polar surface area (TPSA) is 67.6 Å². The van der Waals surface area contributed by atoms with Crippen LogP contribution in [0.1, 0.15) is 12.8 Å². The zero-order valence-corrected chi connectivity index (χ0v) is 13.9. The number of benzene rings is 1. The van der Waals surface area contributed by atoms with E-state index in [-0.39, 0.29) is 30.7 Å². The van der Waals surface area contributed by atoms with Gasteiger partial charge in [0.15, 0.2) is 0 Å². The van der Waals surface area contributed by atoms with Crippen LogP contribution in [0.5, 0.6) is 5.75 Å². The lowest BCUT2D eigenvalue weighted by Crippen LogP contribution is -2.37. The second-order valence-corrected chi connectivity index (χ2v) is 5.29. The molecule has 1 aromatic carbocycles. The molecule has 0 unspecified atom stereocenters. The normalized spacial score (nSPS) is 14.7. The summed E-state index contributed by atoms with van der Waals surface area (Å²) in [5, 5.41) is 2.83. The smallest absolute Gasteiger partial charge is 0.244 e. The third kappa shape index (κ3) is 6.09. The minimum atomic E-state index is -0.651. The highest BCUT2D eigenvalue weighted by atomic mass is 35.5. The van der Waals surface area contributed by atoms with Crippen molar-refractivity contribution in [2.45, 2.75) is 18.4 Å². The van der Waals surface area contributed by atoms with Crippen molar-refractivity contribution in [2.75, 3.05) is 32.6 Å². The fourth-order valence-corrected chi connectivity index (χ4v) is 1.63. The summed E-state index contributed by atoms with van der Waals surface area (Å²) in [4.78, 5) is 13.9. The van der Waals surface area contributed by atoms with E-state index in [2.05, 4.69) is 10.2 Å². The van der Waals surface area contributed by atoms with Crippen molar-refractivity contribution >= 4 is 36.4 Å². The lowest BCUT2D eigenvalue weighted by Gasteiger charge is -2.13. The molecule has 1 amide bonds. The number of nitrogens with two attached hydrogens (primary N) is 1. The van der Waals surface area contributed by atoms with Gasteiger partial charge in [0, 0.05) is 18.3 Å². The van der Waals surface area contributed by atoms with Gasteiger partial charge in [0.05, 0.1) is 5.54 Å². The molecule has 1 aromatic rings. The average Bonchev–Trinajstić information content (AvgIpc) is 3.09. The molecular formula is C14H23Cl2N3O2. The molecule has 0 aromatic heterocycles. The highest BCUT2D eigenvalue weighted by molar-refractivity contribution is 6.00. The maximum Gasteiger partial charge on any atom is 0.244 e. The quantitative estimate of drug-likeness (QED) is 0.833. The molecule has 0 spiro atoms. The molecule has 3 N–H and O–H groups in total. The fraction of sp³-hybridized carbons (Fsp3) is 0.500. The molecule has 0 aliphatic heterocycles. The minimum Gasteiger partial charge on any atom is -0.492 e. The Morgan fingerprint density at radius 1 is 1.38 bits per heavy atom. The SMILES string of the molecule is CN(C)CCOc1cccc(NC(=O)C2(N)CC2)c1.Cl.Cl. The van der Waals surface area contributed by atoms with Gasteiger partial charge in [-0.25, -0.2) is 0 Å². The van der Waals surface area contributed by atoms with Crippen LogP contribution in [0.25, 0.3) is 0 Å². The number of hydrogen-bond acceptors (Lipinski definition) is 4. The summed E-state index contributed by atoms with van der Waals surface area (Å²) in [5.41, 5.74) is 5.92. The van der Waals surface area contributed by atoms with Crippen LogP contribution in [0.2, 0.25) is 0 Å². The highest BCUT2D eigenvalue weighted by Gasteiger charge is 2.45. The molecule has 0 bridgehead atoms. The number of nitrogens with one attached hydrogen (secondary N) is 1. The fourth-order valence-electron chi connectivity index (χ4n) is 1.63. The number of likely N-dealkylation sites (N-methyl/N-ethyl adjacent to an activating group) is 1. The van der Waals surface area contributed by atoms with Gasteiger partial charge in [0.25, 0.3) is 0 Å². The number of rotatable bonds is 6. The van der Waals surface area contributed by atoms with Crippen molar-refractivity contribution in [3.63, 3.8) is 0 Å². The van der Waals surface area contributed by atoms with Crippen molar-refractivity contribution in [1.82, 2.24) is 4.90 Å². The molecule has 0 heterocycles. The van der Waals surface area contributed by atoms with Crippen LogP contribution >= 0.6 is 24.8 Å². The van der Waals surface area contributed by atoms with Gasteiger partial charge < -0.3 is 20.7 Å². The van der Waals surface area contributed by atoms with Crippen LogP contribution in [0, 0.1) is 0 Å². The molecule has 1 fully saturated rings. The van der Waals surface area contributed by atoms with Gasteiger partial charge in [0.2, 0.25) is 5.91 Å². The van der Waals surface area contributed by atoms with Crippen molar-refractivity contribution in [1.29, 1.82) is 0 Å². The van der Waals surface area contributed by atoms with Gasteiger partial charge in [0.1, 0.15) is 12.4 Å². The van der Waals surface area contributed by atoms with E-state index in [0.29, 0.717) is 6.61 Å². The van der Waals surface area contributed by atoms with Crippen molar-refractivity contribution in [3.05, 3.63) is 24.3 Å². The molecule has 2 rings (SSSR count). The Kier molecular flexibility index (Phi) is 8.03. The van der Waals surface area contributed by atoms with Crippen molar-refractivity contribution < 1.29 is 9.53 Å². The number of nitrogens with zero attached hydrogens (tertiary/aromatic N) is 1. The van der Waals surface area contributed by atoms with E-state index in [1.807, 2.05) is 38.4 Å². The van der Waals surface area contributed by atoms with Gasteiger partial charge >= 0.3 is 0 Å². The molecule has 5 nitrogen and oxygen atoms in total. The third-order valence-electron chi connectivity index (χ3n) is 3.14. The summed E-state index contributed by atoms with van der Waals surface area (Å²) < 4.78 is 5.62. The largest absolute Gasteiger partial charge is 0.492 e. The van der Waals surface area contributed by atoms with E-state index in [9.17, 15) is 4.79 Å². The maximum absolute atomic E-state index is 11.8. The molecule has 0 atom stereocenters. The monoisotopic (exact) mass is 335 g/mol. The second kappa shape index (κ2) is 8.44. The summed E-state index contributed by atoms with van der Waals surface area (Å²) >= 11 is 0. The summed E-state index contributed by atoms with van der Waals surface area (Å²) in [5.74, 6) is 0.638. The zero-order valence-electron chi connectivity index (χ0n) is 12.3. The first kappa shape index (κ1) is 20.0. The van der Waals surface area contributed by atoms with E-state index in [1.165, 1.54) is 0 Å².